The third-order valence-electron chi connectivity index (χ3n) is 6.27. The lowest BCUT2D eigenvalue weighted by Crippen LogP contribution is -2.43. The van der Waals surface area contributed by atoms with E-state index in [1.165, 1.54) is 22.0 Å². The monoisotopic (exact) mass is 476 g/mol. The summed E-state index contributed by atoms with van der Waals surface area (Å²) in [4.78, 5) is 37.5. The molecule has 3 aromatic rings. The van der Waals surface area contributed by atoms with Gasteiger partial charge in [0.2, 0.25) is 5.91 Å². The predicted molar refractivity (Wildman–Crippen MR) is 130 cm³/mol. The van der Waals surface area contributed by atoms with Crippen LogP contribution in [-0.2, 0) is 20.9 Å². The molecule has 2 amide bonds. The minimum absolute atomic E-state index is 0.0470. The van der Waals surface area contributed by atoms with Crippen LogP contribution in [0, 0.1) is 0 Å². The Morgan fingerprint density at radius 3 is 2.34 bits per heavy atom. The minimum atomic E-state index is -1.07. The maximum Gasteiger partial charge on any atom is 0.411 e. The Morgan fingerprint density at radius 1 is 1.11 bits per heavy atom. The number of amides is 2. The van der Waals surface area contributed by atoms with E-state index in [1.54, 1.807) is 6.92 Å². The van der Waals surface area contributed by atoms with Gasteiger partial charge in [-0.1, -0.05) is 55.5 Å². The van der Waals surface area contributed by atoms with Crippen molar-refractivity contribution in [2.75, 3.05) is 18.5 Å². The van der Waals surface area contributed by atoms with Crippen molar-refractivity contribution in [1.29, 1.82) is 0 Å². The summed E-state index contributed by atoms with van der Waals surface area (Å²) >= 11 is 0. The summed E-state index contributed by atoms with van der Waals surface area (Å²) in [5, 5.41) is 15.9. The molecule has 0 saturated carbocycles. The summed E-state index contributed by atoms with van der Waals surface area (Å²) in [6, 6.07) is 16.0. The van der Waals surface area contributed by atoms with Crippen molar-refractivity contribution in [3.8, 4) is 11.1 Å². The fourth-order valence-electron chi connectivity index (χ4n) is 4.35. The van der Waals surface area contributed by atoms with E-state index in [-0.39, 0.29) is 37.6 Å². The van der Waals surface area contributed by atoms with Crippen molar-refractivity contribution in [2.24, 2.45) is 0 Å². The first kappa shape index (κ1) is 24.0. The van der Waals surface area contributed by atoms with Gasteiger partial charge in [-0.2, -0.15) is 5.10 Å². The average Bonchev–Trinajstić information content (AvgIpc) is 3.42. The Morgan fingerprint density at radius 2 is 1.74 bits per heavy atom. The van der Waals surface area contributed by atoms with Gasteiger partial charge < -0.3 is 14.7 Å². The highest BCUT2D eigenvalue weighted by atomic mass is 16.5. The second-order valence-corrected chi connectivity index (χ2v) is 8.55. The Balaban J connectivity index is 1.35. The van der Waals surface area contributed by atoms with Gasteiger partial charge in [0.1, 0.15) is 19.7 Å². The van der Waals surface area contributed by atoms with Crippen LogP contribution in [0.3, 0.4) is 0 Å². The molecule has 0 bridgehead atoms. The third kappa shape index (κ3) is 5.34. The largest absolute Gasteiger partial charge is 0.480 e. The lowest BCUT2D eigenvalue weighted by atomic mass is 9.98. The van der Waals surface area contributed by atoms with Crippen molar-refractivity contribution in [1.82, 2.24) is 14.7 Å². The van der Waals surface area contributed by atoms with Crippen LogP contribution in [-0.4, -0.2) is 57.0 Å². The van der Waals surface area contributed by atoms with Crippen LogP contribution in [0.2, 0.25) is 0 Å². The number of carboxylic acids is 1. The van der Waals surface area contributed by atoms with E-state index in [2.05, 4.69) is 34.7 Å². The van der Waals surface area contributed by atoms with Crippen LogP contribution in [0.15, 0.2) is 60.9 Å². The summed E-state index contributed by atoms with van der Waals surface area (Å²) in [7, 11) is 0. The molecular formula is C26H28N4O5. The fourth-order valence-corrected chi connectivity index (χ4v) is 4.35. The molecule has 0 spiro atoms. The number of aliphatic carboxylic acids is 1. The third-order valence-corrected chi connectivity index (χ3v) is 6.27. The van der Waals surface area contributed by atoms with Gasteiger partial charge in [0.15, 0.2) is 0 Å². The molecule has 0 aliphatic heterocycles. The van der Waals surface area contributed by atoms with Crippen LogP contribution < -0.4 is 5.32 Å². The van der Waals surface area contributed by atoms with E-state index in [9.17, 15) is 14.4 Å². The topological polar surface area (TPSA) is 114 Å². The van der Waals surface area contributed by atoms with Crippen molar-refractivity contribution in [3.63, 3.8) is 0 Å². The zero-order valence-electron chi connectivity index (χ0n) is 19.7. The number of aromatic nitrogens is 2. The molecule has 1 heterocycles. The summed E-state index contributed by atoms with van der Waals surface area (Å²) in [6.07, 6.45) is 2.94. The zero-order valence-corrected chi connectivity index (χ0v) is 19.7. The number of anilines is 1. The van der Waals surface area contributed by atoms with E-state index in [4.69, 9.17) is 9.84 Å². The Kier molecular flexibility index (Phi) is 7.14. The van der Waals surface area contributed by atoms with E-state index in [1.807, 2.05) is 31.2 Å². The van der Waals surface area contributed by atoms with Gasteiger partial charge in [-0.25, -0.2) is 4.79 Å². The molecule has 0 fully saturated rings. The molecule has 1 unspecified atom stereocenters. The molecule has 1 aliphatic rings. The first-order valence-electron chi connectivity index (χ1n) is 11.5. The Labute approximate surface area is 203 Å². The number of carbonyl (C=O) groups excluding carboxylic acids is 2. The van der Waals surface area contributed by atoms with Crippen molar-refractivity contribution < 1.29 is 24.2 Å². The van der Waals surface area contributed by atoms with Crippen molar-refractivity contribution in [2.45, 2.75) is 38.8 Å². The van der Waals surface area contributed by atoms with Gasteiger partial charge in [0.25, 0.3) is 0 Å². The number of carbonyl (C=O) groups is 3. The molecule has 2 N–H and O–H groups in total. The number of fused-ring (bicyclic) bond motifs is 3. The number of nitrogens with one attached hydrogen (secondary N) is 1. The highest BCUT2D eigenvalue weighted by molar-refractivity contribution is 5.85. The maximum absolute atomic E-state index is 12.6. The molecule has 1 aliphatic carbocycles. The number of benzene rings is 2. The predicted octanol–water partition coefficient (Wildman–Crippen LogP) is 3.96. The fraction of sp³-hybridized carbons (Fsp3) is 0.308. The first-order chi connectivity index (χ1) is 16.9. The minimum Gasteiger partial charge on any atom is -0.480 e. The number of nitrogens with zero attached hydrogens (tertiary/aromatic N) is 3. The first-order valence-corrected chi connectivity index (χ1v) is 11.5. The highest BCUT2D eigenvalue weighted by Crippen LogP contribution is 2.44. The standard InChI is InChI=1S/C26H28N4O5/c1-3-17(2)30(15-25(32)33)24(31)14-29-13-18(12-27-29)28-26(34)35-16-23-21-10-6-4-8-19(21)20-9-5-7-11-22(20)23/h4-13,17,23H,3,14-16H2,1-2H3,(H,28,34)(H,32,33). The number of rotatable bonds is 9. The molecule has 35 heavy (non-hydrogen) atoms. The molecule has 9 nitrogen and oxygen atoms in total. The van der Waals surface area contributed by atoms with Gasteiger partial charge in [0.05, 0.1) is 11.9 Å². The number of ether oxygens (including phenoxy) is 1. The molecule has 1 aromatic heterocycles. The lowest BCUT2D eigenvalue weighted by molar-refractivity contribution is -0.146. The molecular weight excluding hydrogens is 448 g/mol. The van der Waals surface area contributed by atoms with E-state index >= 15 is 0 Å². The van der Waals surface area contributed by atoms with Gasteiger partial charge in [-0.3, -0.25) is 19.6 Å². The van der Waals surface area contributed by atoms with Crippen molar-refractivity contribution >= 4 is 23.7 Å². The Bertz CT molecular complexity index is 1190. The molecule has 9 heteroatoms. The van der Waals surface area contributed by atoms with Gasteiger partial charge >= 0.3 is 12.1 Å². The van der Waals surface area contributed by atoms with Crippen LogP contribution in [0.25, 0.3) is 11.1 Å². The second-order valence-electron chi connectivity index (χ2n) is 8.55. The normalized spacial score (nSPS) is 13.0. The zero-order chi connectivity index (χ0) is 24.9. The molecule has 182 valence electrons. The summed E-state index contributed by atoms with van der Waals surface area (Å²) in [6.45, 7) is 3.36. The second kappa shape index (κ2) is 10.4. The molecule has 0 saturated heterocycles. The molecule has 4 rings (SSSR count). The lowest BCUT2D eigenvalue weighted by Gasteiger charge is -2.26. The highest BCUT2D eigenvalue weighted by Gasteiger charge is 2.29. The molecule has 1 atom stereocenters. The maximum atomic E-state index is 12.6. The smallest absolute Gasteiger partial charge is 0.411 e. The van der Waals surface area contributed by atoms with Crippen LogP contribution in [0.1, 0.15) is 37.3 Å². The molecule has 0 radical (unpaired) electrons. The number of hydrogen-bond acceptors (Lipinski definition) is 5. The number of hydrogen-bond donors (Lipinski definition) is 2. The van der Waals surface area contributed by atoms with Gasteiger partial charge in [-0.05, 0) is 35.6 Å². The Hall–Kier alpha value is -4.14. The van der Waals surface area contributed by atoms with E-state index in [0.29, 0.717) is 12.1 Å². The van der Waals surface area contributed by atoms with Gasteiger partial charge in [-0.15, -0.1) is 0 Å². The average molecular weight is 477 g/mol. The molecule has 2 aromatic carbocycles. The SMILES string of the molecule is CCC(C)N(CC(=O)O)C(=O)Cn1cc(NC(=O)OCC2c3ccccc3-c3ccccc32)cn1. The van der Waals surface area contributed by atoms with Crippen LogP contribution in [0.5, 0.6) is 0 Å². The van der Waals surface area contributed by atoms with Crippen molar-refractivity contribution in [3.05, 3.63) is 72.1 Å². The van der Waals surface area contributed by atoms with Gasteiger partial charge in [0, 0.05) is 18.2 Å². The van der Waals surface area contributed by atoms with Crippen LogP contribution >= 0.6 is 0 Å². The summed E-state index contributed by atoms with van der Waals surface area (Å²) in [5.41, 5.74) is 4.93. The van der Waals surface area contributed by atoms with E-state index < -0.39 is 12.1 Å². The summed E-state index contributed by atoms with van der Waals surface area (Å²) < 4.78 is 6.89. The van der Waals surface area contributed by atoms with E-state index in [0.717, 1.165) is 22.3 Å². The quantitative estimate of drug-likeness (QED) is 0.483. The summed E-state index contributed by atoms with van der Waals surface area (Å²) in [5.74, 6) is -1.48. The van der Waals surface area contributed by atoms with Crippen LogP contribution in [0.4, 0.5) is 10.5 Å². The number of carboxylic acid groups (broad SMARTS) is 1.